The second-order valence-corrected chi connectivity index (χ2v) is 1.91. The quantitative estimate of drug-likeness (QED) is 0.363. The van der Waals surface area contributed by atoms with Crippen molar-refractivity contribution in [3.8, 4) is 0 Å². The van der Waals surface area contributed by atoms with Crippen LogP contribution in [0.3, 0.4) is 0 Å². The molecule has 0 aliphatic heterocycles. The van der Waals surface area contributed by atoms with E-state index in [0.29, 0.717) is 18.7 Å². The van der Waals surface area contributed by atoms with E-state index >= 15 is 0 Å². The van der Waals surface area contributed by atoms with Crippen molar-refractivity contribution >= 4 is 17.7 Å². The summed E-state index contributed by atoms with van der Waals surface area (Å²) in [4.78, 5) is 12.5. The van der Waals surface area contributed by atoms with E-state index in [1.165, 1.54) is 6.08 Å². The third-order valence-corrected chi connectivity index (χ3v) is 1.06. The molecule has 0 fully saturated rings. The zero-order valence-electron chi connectivity index (χ0n) is 4.88. The van der Waals surface area contributed by atoms with Gasteiger partial charge in [0.1, 0.15) is 0 Å². The van der Waals surface area contributed by atoms with Crippen molar-refractivity contribution in [3.63, 3.8) is 0 Å². The van der Waals surface area contributed by atoms with Gasteiger partial charge in [-0.3, -0.25) is 0 Å². The first-order chi connectivity index (χ1) is 4.31. The highest BCUT2D eigenvalue weighted by Gasteiger charge is 1.97. The van der Waals surface area contributed by atoms with Gasteiger partial charge in [0.05, 0.1) is 0 Å². The Morgan fingerprint density at radius 3 is 2.89 bits per heavy atom. The number of carbonyl (C=O) groups excluding carboxylic acids is 1. The van der Waals surface area contributed by atoms with Crippen molar-refractivity contribution < 1.29 is 9.90 Å². The standard InChI is InChI=1S/C5H8ClNO2/c6-3-1-2-5(9)7-4-8/h5,9H,1-3H2. The minimum absolute atomic E-state index is 0.429. The number of isocyanates is 1. The fourth-order valence-electron chi connectivity index (χ4n) is 0.385. The lowest BCUT2D eigenvalue weighted by atomic mass is 10.3. The third-order valence-electron chi connectivity index (χ3n) is 0.798. The van der Waals surface area contributed by atoms with Crippen LogP contribution in [0.4, 0.5) is 0 Å². The van der Waals surface area contributed by atoms with Crippen LogP contribution in [0, 0.1) is 0 Å². The molecule has 52 valence electrons. The van der Waals surface area contributed by atoms with Crippen LogP contribution in [0.1, 0.15) is 12.8 Å². The molecule has 0 heterocycles. The van der Waals surface area contributed by atoms with Crippen molar-refractivity contribution in [1.82, 2.24) is 0 Å². The van der Waals surface area contributed by atoms with Gasteiger partial charge in [0.2, 0.25) is 6.08 Å². The molecule has 1 unspecified atom stereocenters. The van der Waals surface area contributed by atoms with Gasteiger partial charge in [0.25, 0.3) is 0 Å². The van der Waals surface area contributed by atoms with Crippen molar-refractivity contribution in [2.24, 2.45) is 4.99 Å². The fraction of sp³-hybridized carbons (Fsp3) is 0.800. The lowest BCUT2D eigenvalue weighted by Crippen LogP contribution is -2.01. The number of aliphatic imine (C=N–C) groups is 1. The van der Waals surface area contributed by atoms with Gasteiger partial charge in [0, 0.05) is 5.88 Å². The predicted molar refractivity (Wildman–Crippen MR) is 34.1 cm³/mol. The molecule has 0 aromatic carbocycles. The first kappa shape index (κ1) is 8.63. The van der Waals surface area contributed by atoms with Crippen molar-refractivity contribution in [1.29, 1.82) is 0 Å². The summed E-state index contributed by atoms with van der Waals surface area (Å²) >= 11 is 5.29. The molecular weight excluding hydrogens is 142 g/mol. The Morgan fingerprint density at radius 1 is 1.78 bits per heavy atom. The van der Waals surface area contributed by atoms with E-state index in [1.807, 2.05) is 0 Å². The fourth-order valence-corrected chi connectivity index (χ4v) is 0.539. The van der Waals surface area contributed by atoms with Crippen LogP contribution in [0.15, 0.2) is 4.99 Å². The molecule has 3 nitrogen and oxygen atoms in total. The summed E-state index contributed by atoms with van der Waals surface area (Å²) in [5.74, 6) is 0.478. The molecule has 0 aliphatic carbocycles. The molecule has 0 bridgehead atoms. The second-order valence-electron chi connectivity index (χ2n) is 1.53. The SMILES string of the molecule is O=C=NC(O)CCCCl. The number of nitrogens with zero attached hydrogens (tertiary/aromatic N) is 1. The van der Waals surface area contributed by atoms with Crippen LogP contribution < -0.4 is 0 Å². The summed E-state index contributed by atoms with van der Waals surface area (Å²) in [7, 11) is 0. The number of halogens is 1. The summed E-state index contributed by atoms with van der Waals surface area (Å²) in [6.07, 6.45) is 1.43. The van der Waals surface area contributed by atoms with E-state index in [9.17, 15) is 4.79 Å². The minimum Gasteiger partial charge on any atom is -0.371 e. The van der Waals surface area contributed by atoms with Crippen LogP contribution >= 0.6 is 11.6 Å². The van der Waals surface area contributed by atoms with E-state index in [-0.39, 0.29) is 0 Å². The summed E-state index contributed by atoms with van der Waals surface area (Å²) in [5, 5.41) is 8.69. The summed E-state index contributed by atoms with van der Waals surface area (Å²) in [6, 6.07) is 0. The van der Waals surface area contributed by atoms with Gasteiger partial charge in [-0.25, -0.2) is 4.79 Å². The zero-order chi connectivity index (χ0) is 7.11. The van der Waals surface area contributed by atoms with E-state index in [4.69, 9.17) is 16.7 Å². The van der Waals surface area contributed by atoms with E-state index in [2.05, 4.69) is 4.99 Å². The summed E-state index contributed by atoms with van der Waals surface area (Å²) in [5.41, 5.74) is 0. The molecule has 0 rings (SSSR count). The Hall–Kier alpha value is -0.370. The van der Waals surface area contributed by atoms with Crippen LogP contribution in [0.5, 0.6) is 0 Å². The minimum atomic E-state index is -0.916. The second kappa shape index (κ2) is 5.76. The van der Waals surface area contributed by atoms with Crippen LogP contribution in [-0.4, -0.2) is 23.3 Å². The van der Waals surface area contributed by atoms with Gasteiger partial charge in [-0.1, -0.05) is 0 Å². The van der Waals surface area contributed by atoms with Crippen LogP contribution in [-0.2, 0) is 4.79 Å². The van der Waals surface area contributed by atoms with E-state index in [0.717, 1.165) is 0 Å². The van der Waals surface area contributed by atoms with Crippen molar-refractivity contribution in [2.75, 3.05) is 5.88 Å². The molecule has 0 aromatic heterocycles. The Morgan fingerprint density at radius 2 is 2.44 bits per heavy atom. The largest absolute Gasteiger partial charge is 0.371 e. The first-order valence-corrected chi connectivity index (χ1v) is 3.15. The monoisotopic (exact) mass is 149 g/mol. The topological polar surface area (TPSA) is 49.7 Å². The predicted octanol–water partition coefficient (Wildman–Crippen LogP) is 0.660. The average Bonchev–Trinajstić information content (AvgIpc) is 1.85. The molecule has 9 heavy (non-hydrogen) atoms. The number of aliphatic hydroxyl groups is 1. The zero-order valence-corrected chi connectivity index (χ0v) is 5.64. The highest BCUT2D eigenvalue weighted by molar-refractivity contribution is 6.17. The molecule has 4 heteroatoms. The molecular formula is C5H8ClNO2. The number of hydrogen-bond acceptors (Lipinski definition) is 3. The van der Waals surface area contributed by atoms with Gasteiger partial charge >= 0.3 is 0 Å². The van der Waals surface area contributed by atoms with Gasteiger partial charge in [-0.05, 0) is 12.8 Å². The normalized spacial score (nSPS) is 12.2. The molecule has 0 radical (unpaired) electrons. The highest BCUT2D eigenvalue weighted by atomic mass is 35.5. The van der Waals surface area contributed by atoms with Crippen LogP contribution in [0.25, 0.3) is 0 Å². The maximum atomic E-state index is 9.49. The Kier molecular flexibility index (Phi) is 5.52. The maximum Gasteiger partial charge on any atom is 0.237 e. The Labute approximate surface area is 58.4 Å². The van der Waals surface area contributed by atoms with E-state index in [1.54, 1.807) is 0 Å². The van der Waals surface area contributed by atoms with Gasteiger partial charge < -0.3 is 5.11 Å². The molecule has 1 atom stereocenters. The van der Waals surface area contributed by atoms with E-state index < -0.39 is 6.23 Å². The van der Waals surface area contributed by atoms with Gasteiger partial charge in [-0.15, -0.1) is 11.6 Å². The highest BCUT2D eigenvalue weighted by Crippen LogP contribution is 1.97. The molecule has 0 saturated heterocycles. The molecule has 1 N–H and O–H groups in total. The van der Waals surface area contributed by atoms with Crippen molar-refractivity contribution in [3.05, 3.63) is 0 Å². The Balaban J connectivity index is 3.26. The average molecular weight is 150 g/mol. The summed E-state index contributed by atoms with van der Waals surface area (Å²) in [6.45, 7) is 0. The number of alkyl halides is 1. The number of aliphatic hydroxyl groups excluding tert-OH is 1. The molecule has 0 amide bonds. The smallest absolute Gasteiger partial charge is 0.237 e. The summed E-state index contributed by atoms with van der Waals surface area (Å²) < 4.78 is 0. The van der Waals surface area contributed by atoms with Crippen LogP contribution in [0.2, 0.25) is 0 Å². The lowest BCUT2D eigenvalue weighted by Gasteiger charge is -1.97. The van der Waals surface area contributed by atoms with Gasteiger partial charge in [0.15, 0.2) is 6.23 Å². The third kappa shape index (κ3) is 5.50. The first-order valence-electron chi connectivity index (χ1n) is 2.62. The Bertz CT molecular complexity index is 112. The lowest BCUT2D eigenvalue weighted by molar-refractivity contribution is 0.173. The maximum absolute atomic E-state index is 9.49. The molecule has 0 saturated carbocycles. The molecule has 0 aliphatic rings. The number of rotatable bonds is 4. The van der Waals surface area contributed by atoms with Gasteiger partial charge in [-0.2, -0.15) is 4.99 Å². The number of hydrogen-bond donors (Lipinski definition) is 1. The van der Waals surface area contributed by atoms with Crippen molar-refractivity contribution in [2.45, 2.75) is 19.1 Å². The molecule has 0 aromatic rings. The molecule has 0 spiro atoms.